The lowest BCUT2D eigenvalue weighted by Crippen LogP contribution is -2.10. The molecule has 0 spiro atoms. The lowest BCUT2D eigenvalue weighted by molar-refractivity contribution is 0.418. The van der Waals surface area contributed by atoms with Gasteiger partial charge in [-0.2, -0.15) is 5.26 Å². The van der Waals surface area contributed by atoms with Crippen molar-refractivity contribution in [2.45, 2.75) is 46.0 Å². The van der Waals surface area contributed by atoms with Crippen LogP contribution in [0, 0.1) is 18.3 Å². The van der Waals surface area contributed by atoms with Crippen LogP contribution in [0.2, 0.25) is 0 Å². The maximum atomic E-state index is 8.71. The van der Waals surface area contributed by atoms with Gasteiger partial charge in [-0.1, -0.05) is 20.3 Å². The predicted octanol–water partition coefficient (Wildman–Crippen LogP) is 3.56. The minimum atomic E-state index is 0.549. The minimum Gasteiger partial charge on any atom is -0.245 e. The van der Waals surface area contributed by atoms with Crippen molar-refractivity contribution in [2.24, 2.45) is 0 Å². The van der Waals surface area contributed by atoms with Crippen molar-refractivity contribution >= 4 is 0 Å². The second-order valence-corrected chi connectivity index (χ2v) is 3.67. The number of hydrogen-bond donors (Lipinski definition) is 0. The molecule has 0 radical (unpaired) electrons. The second kappa shape index (κ2) is 5.50. The van der Waals surface area contributed by atoms with Gasteiger partial charge in [-0.25, -0.2) is 4.98 Å². The largest absolute Gasteiger partial charge is 0.245 e. The summed E-state index contributed by atoms with van der Waals surface area (Å²) in [6.45, 7) is 6.07. The Balaban J connectivity index is 0.000000531. The standard InChI is InChI=1S/C11H12N2.C2H6/c1-8-7-13-10(6-12)5-11(8)9-3-2-4-9;1-2/h5,7,9H,2-4H2,1H3;1-2H3. The average molecular weight is 202 g/mol. The van der Waals surface area contributed by atoms with Crippen LogP contribution in [-0.4, -0.2) is 4.98 Å². The maximum absolute atomic E-state index is 8.71. The fourth-order valence-electron chi connectivity index (χ4n) is 1.76. The van der Waals surface area contributed by atoms with E-state index in [-0.39, 0.29) is 0 Å². The van der Waals surface area contributed by atoms with Crippen molar-refractivity contribution in [2.75, 3.05) is 0 Å². The van der Waals surface area contributed by atoms with Crippen LogP contribution in [0.25, 0.3) is 0 Å². The summed E-state index contributed by atoms with van der Waals surface area (Å²) >= 11 is 0. The van der Waals surface area contributed by atoms with Crippen molar-refractivity contribution < 1.29 is 0 Å². The van der Waals surface area contributed by atoms with Gasteiger partial charge < -0.3 is 0 Å². The van der Waals surface area contributed by atoms with E-state index >= 15 is 0 Å². The van der Waals surface area contributed by atoms with Gasteiger partial charge in [-0.15, -0.1) is 0 Å². The molecule has 1 aliphatic carbocycles. The fraction of sp³-hybridized carbons (Fsp3) is 0.538. The lowest BCUT2D eigenvalue weighted by Gasteiger charge is -2.27. The molecule has 1 fully saturated rings. The molecule has 0 amide bonds. The van der Waals surface area contributed by atoms with E-state index in [1.807, 2.05) is 26.1 Å². The second-order valence-electron chi connectivity index (χ2n) is 3.67. The van der Waals surface area contributed by atoms with E-state index in [2.05, 4.69) is 18.0 Å². The number of nitriles is 1. The summed E-state index contributed by atoms with van der Waals surface area (Å²) in [6, 6.07) is 4.03. The highest BCUT2D eigenvalue weighted by Gasteiger charge is 2.21. The third-order valence-corrected chi connectivity index (χ3v) is 2.80. The summed E-state index contributed by atoms with van der Waals surface area (Å²) in [5.74, 6) is 0.690. The Morgan fingerprint density at radius 1 is 1.40 bits per heavy atom. The number of nitrogens with zero attached hydrogens (tertiary/aromatic N) is 2. The normalized spacial score (nSPS) is 14.5. The first kappa shape index (κ1) is 11.7. The van der Waals surface area contributed by atoms with Crippen LogP contribution in [0.3, 0.4) is 0 Å². The van der Waals surface area contributed by atoms with Crippen molar-refractivity contribution in [3.8, 4) is 6.07 Å². The lowest BCUT2D eigenvalue weighted by atomic mass is 9.79. The van der Waals surface area contributed by atoms with E-state index in [9.17, 15) is 0 Å². The first-order valence-corrected chi connectivity index (χ1v) is 5.68. The Morgan fingerprint density at radius 2 is 2.07 bits per heavy atom. The van der Waals surface area contributed by atoms with Crippen LogP contribution in [-0.2, 0) is 0 Å². The zero-order valence-corrected chi connectivity index (χ0v) is 9.75. The molecule has 1 saturated carbocycles. The van der Waals surface area contributed by atoms with Crippen molar-refractivity contribution in [3.05, 3.63) is 29.1 Å². The molecule has 1 aliphatic rings. The van der Waals surface area contributed by atoms with Crippen LogP contribution in [0.15, 0.2) is 12.3 Å². The topological polar surface area (TPSA) is 36.7 Å². The molecule has 1 aromatic rings. The molecule has 0 N–H and O–H groups in total. The van der Waals surface area contributed by atoms with E-state index in [4.69, 9.17) is 5.26 Å². The van der Waals surface area contributed by atoms with E-state index in [1.54, 1.807) is 0 Å². The van der Waals surface area contributed by atoms with Gasteiger partial charge in [0.05, 0.1) is 0 Å². The smallest absolute Gasteiger partial charge is 0.140 e. The molecule has 2 nitrogen and oxygen atoms in total. The van der Waals surface area contributed by atoms with Gasteiger partial charge in [0.15, 0.2) is 0 Å². The predicted molar refractivity (Wildman–Crippen MR) is 61.6 cm³/mol. The van der Waals surface area contributed by atoms with Gasteiger partial charge in [-0.05, 0) is 42.9 Å². The molecular weight excluding hydrogens is 184 g/mol. The number of hydrogen-bond acceptors (Lipinski definition) is 2. The van der Waals surface area contributed by atoms with E-state index in [0.717, 1.165) is 0 Å². The Hall–Kier alpha value is -1.36. The minimum absolute atomic E-state index is 0.549. The SMILES string of the molecule is CC.Cc1cnc(C#N)cc1C1CCC1. The summed E-state index contributed by atoms with van der Waals surface area (Å²) in [5, 5.41) is 8.71. The van der Waals surface area contributed by atoms with Gasteiger partial charge in [0.2, 0.25) is 0 Å². The van der Waals surface area contributed by atoms with Crippen LogP contribution in [0.4, 0.5) is 0 Å². The summed E-state index contributed by atoms with van der Waals surface area (Å²) < 4.78 is 0. The first-order valence-electron chi connectivity index (χ1n) is 5.68. The van der Waals surface area contributed by atoms with Crippen LogP contribution < -0.4 is 0 Å². The molecule has 0 bridgehead atoms. The van der Waals surface area contributed by atoms with Crippen LogP contribution >= 0.6 is 0 Å². The molecule has 0 aromatic carbocycles. The molecule has 0 atom stereocenters. The van der Waals surface area contributed by atoms with Crippen molar-refractivity contribution in [3.63, 3.8) is 0 Å². The molecule has 2 heteroatoms. The van der Waals surface area contributed by atoms with E-state index in [1.165, 1.54) is 30.4 Å². The Morgan fingerprint density at radius 3 is 2.53 bits per heavy atom. The Bertz CT molecular complexity index is 359. The van der Waals surface area contributed by atoms with Crippen molar-refractivity contribution in [1.29, 1.82) is 5.26 Å². The number of pyridine rings is 1. The fourth-order valence-corrected chi connectivity index (χ4v) is 1.76. The monoisotopic (exact) mass is 202 g/mol. The first-order chi connectivity index (χ1) is 7.31. The molecule has 0 aliphatic heterocycles. The van der Waals surface area contributed by atoms with E-state index in [0.29, 0.717) is 11.6 Å². The van der Waals surface area contributed by atoms with Crippen molar-refractivity contribution in [1.82, 2.24) is 4.98 Å². The third-order valence-electron chi connectivity index (χ3n) is 2.80. The molecule has 2 rings (SSSR count). The van der Waals surface area contributed by atoms with Crippen LogP contribution in [0.1, 0.15) is 55.8 Å². The van der Waals surface area contributed by atoms with Gasteiger partial charge >= 0.3 is 0 Å². The third kappa shape index (κ3) is 2.56. The molecule has 0 unspecified atom stereocenters. The van der Waals surface area contributed by atoms with E-state index < -0.39 is 0 Å². The molecule has 80 valence electrons. The summed E-state index contributed by atoms with van der Waals surface area (Å²) in [7, 11) is 0. The highest BCUT2D eigenvalue weighted by atomic mass is 14.7. The van der Waals surface area contributed by atoms with Gasteiger partial charge in [0, 0.05) is 6.20 Å². The highest BCUT2D eigenvalue weighted by Crippen LogP contribution is 2.37. The maximum Gasteiger partial charge on any atom is 0.140 e. The molecule has 0 saturated heterocycles. The Labute approximate surface area is 92.0 Å². The highest BCUT2D eigenvalue weighted by molar-refractivity contribution is 5.34. The van der Waals surface area contributed by atoms with Gasteiger partial charge in [-0.3, -0.25) is 0 Å². The molecular formula is C13H18N2. The summed E-state index contributed by atoms with van der Waals surface area (Å²) in [4.78, 5) is 4.04. The van der Waals surface area contributed by atoms with Crippen LogP contribution in [0.5, 0.6) is 0 Å². The van der Waals surface area contributed by atoms with Gasteiger partial charge in [0.1, 0.15) is 11.8 Å². The number of rotatable bonds is 1. The zero-order valence-electron chi connectivity index (χ0n) is 9.75. The number of aryl methyl sites for hydroxylation is 1. The average Bonchev–Trinajstić information content (AvgIpc) is 2.22. The molecule has 15 heavy (non-hydrogen) atoms. The quantitative estimate of drug-likeness (QED) is 0.698. The zero-order chi connectivity index (χ0) is 11.3. The summed E-state index contributed by atoms with van der Waals surface area (Å²) in [5.41, 5.74) is 3.11. The Kier molecular flexibility index (Phi) is 4.30. The van der Waals surface area contributed by atoms with Gasteiger partial charge in [0.25, 0.3) is 0 Å². The molecule has 1 heterocycles. The molecule has 1 aromatic heterocycles. The number of aromatic nitrogens is 1. The summed E-state index contributed by atoms with van der Waals surface area (Å²) in [6.07, 6.45) is 5.69.